The van der Waals surface area contributed by atoms with Crippen LogP contribution >= 0.6 is 0 Å². The molecule has 6 rings (SSSR count). The van der Waals surface area contributed by atoms with Crippen molar-refractivity contribution < 1.29 is 0 Å². The summed E-state index contributed by atoms with van der Waals surface area (Å²) in [6.07, 6.45) is 9.74. The van der Waals surface area contributed by atoms with Crippen LogP contribution in [0.2, 0.25) is 0 Å². The van der Waals surface area contributed by atoms with Gasteiger partial charge in [-0.25, -0.2) is 0 Å². The second kappa shape index (κ2) is 9.35. The number of para-hydroxylation sites is 1. The Morgan fingerprint density at radius 2 is 1.94 bits per heavy atom. The maximum Gasteiger partial charge on any atom is 0.0933 e. The highest BCUT2D eigenvalue weighted by molar-refractivity contribution is 5.85. The van der Waals surface area contributed by atoms with Crippen molar-refractivity contribution in [2.75, 3.05) is 31.5 Å². The Balaban J connectivity index is 1.23. The van der Waals surface area contributed by atoms with Crippen molar-refractivity contribution in [2.24, 2.45) is 5.92 Å². The summed E-state index contributed by atoms with van der Waals surface area (Å²) in [5.74, 6) is 0.897. The van der Waals surface area contributed by atoms with Gasteiger partial charge in [0.15, 0.2) is 0 Å². The number of benzene rings is 1. The van der Waals surface area contributed by atoms with Gasteiger partial charge < -0.3 is 10.3 Å². The monoisotopic (exact) mass is 457 g/mol. The van der Waals surface area contributed by atoms with E-state index in [1.54, 1.807) is 0 Å². The third-order valence-corrected chi connectivity index (χ3v) is 8.55. The van der Waals surface area contributed by atoms with E-state index in [-0.39, 0.29) is 6.04 Å². The van der Waals surface area contributed by atoms with E-state index in [1.807, 2.05) is 0 Å². The Morgan fingerprint density at radius 1 is 1.09 bits per heavy atom. The molecule has 2 aliphatic heterocycles. The number of nitrogens with zero attached hydrogens (tertiary/aromatic N) is 3. The van der Waals surface area contributed by atoms with Gasteiger partial charge in [0.05, 0.1) is 29.7 Å². The zero-order valence-corrected chi connectivity index (χ0v) is 20.8. The first-order valence-electron chi connectivity index (χ1n) is 13.5. The summed E-state index contributed by atoms with van der Waals surface area (Å²) in [7, 11) is 0. The lowest BCUT2D eigenvalue weighted by Crippen LogP contribution is -2.54. The lowest BCUT2D eigenvalue weighted by atomic mass is 9.76. The smallest absolute Gasteiger partial charge is 0.0933 e. The van der Waals surface area contributed by atoms with Gasteiger partial charge in [-0.3, -0.25) is 14.8 Å². The summed E-state index contributed by atoms with van der Waals surface area (Å²) in [5, 5.41) is 5.09. The zero-order valence-electron chi connectivity index (χ0n) is 20.8. The van der Waals surface area contributed by atoms with Crippen LogP contribution in [0.5, 0.6) is 0 Å². The molecular weight excluding hydrogens is 418 g/mol. The number of fused-ring (bicyclic) bond motifs is 3. The van der Waals surface area contributed by atoms with Gasteiger partial charge in [-0.15, -0.1) is 0 Å². The van der Waals surface area contributed by atoms with Crippen LogP contribution in [0.1, 0.15) is 68.9 Å². The highest BCUT2D eigenvalue weighted by Crippen LogP contribution is 2.44. The number of likely N-dealkylation sites (tertiary alicyclic amines) is 1. The molecule has 1 aromatic carbocycles. The standard InChI is InChI=1S/C29H39N5/c1-3-5-13-33-18-22(19-33)31-21-10-11-27(30-17-21)29-28-25(24-8-6-7-9-26(24)32-28)12-14-34(29)23-15-20(4-2)16-23/h6-11,17,20,22-23,29,31-32H,3-5,12-16,18-19H2,1-2H3. The molecule has 0 amide bonds. The van der Waals surface area contributed by atoms with Crippen LogP contribution in [0.3, 0.4) is 0 Å². The molecule has 3 aliphatic rings. The molecule has 1 unspecified atom stereocenters. The van der Waals surface area contributed by atoms with Crippen molar-refractivity contribution in [3.05, 3.63) is 59.5 Å². The number of anilines is 1. The lowest BCUT2D eigenvalue weighted by Gasteiger charge is -2.48. The predicted molar refractivity (Wildman–Crippen MR) is 140 cm³/mol. The van der Waals surface area contributed by atoms with Crippen LogP contribution in [0.4, 0.5) is 5.69 Å². The normalized spacial score (nSPS) is 25.6. The topological polar surface area (TPSA) is 47.2 Å². The number of aromatic amines is 1. The van der Waals surface area contributed by atoms with E-state index in [2.05, 4.69) is 76.5 Å². The van der Waals surface area contributed by atoms with E-state index in [0.29, 0.717) is 12.1 Å². The fraction of sp³-hybridized carbons (Fsp3) is 0.552. The first-order chi connectivity index (χ1) is 16.7. The fourth-order valence-electron chi connectivity index (χ4n) is 6.39. The van der Waals surface area contributed by atoms with Crippen LogP contribution < -0.4 is 5.32 Å². The van der Waals surface area contributed by atoms with Gasteiger partial charge in [0, 0.05) is 42.3 Å². The quantitative estimate of drug-likeness (QED) is 0.463. The number of nitrogens with one attached hydrogen (secondary N) is 2. The Kier molecular flexibility index (Phi) is 6.08. The van der Waals surface area contributed by atoms with E-state index in [1.165, 1.54) is 66.5 Å². The first kappa shape index (κ1) is 22.1. The van der Waals surface area contributed by atoms with Crippen molar-refractivity contribution >= 4 is 16.6 Å². The van der Waals surface area contributed by atoms with Crippen LogP contribution in [-0.2, 0) is 6.42 Å². The molecule has 1 atom stereocenters. The molecule has 4 heterocycles. The molecule has 2 fully saturated rings. The van der Waals surface area contributed by atoms with E-state index in [9.17, 15) is 0 Å². The molecule has 2 N–H and O–H groups in total. The third-order valence-electron chi connectivity index (χ3n) is 8.55. The highest BCUT2D eigenvalue weighted by Gasteiger charge is 2.41. The van der Waals surface area contributed by atoms with Gasteiger partial charge in [0.2, 0.25) is 0 Å². The molecule has 0 bridgehead atoms. The summed E-state index contributed by atoms with van der Waals surface area (Å²) in [6, 6.07) is 14.8. The van der Waals surface area contributed by atoms with E-state index in [0.717, 1.165) is 37.7 Å². The van der Waals surface area contributed by atoms with E-state index < -0.39 is 0 Å². The molecule has 34 heavy (non-hydrogen) atoms. The van der Waals surface area contributed by atoms with Gasteiger partial charge in [-0.2, -0.15) is 0 Å². The molecule has 1 aliphatic carbocycles. The molecule has 0 spiro atoms. The zero-order chi connectivity index (χ0) is 23.1. The Hall–Kier alpha value is -2.37. The van der Waals surface area contributed by atoms with E-state index in [4.69, 9.17) is 4.98 Å². The molecule has 5 nitrogen and oxygen atoms in total. The summed E-state index contributed by atoms with van der Waals surface area (Å²) in [6.45, 7) is 9.26. The molecular formula is C29H39N5. The lowest BCUT2D eigenvalue weighted by molar-refractivity contribution is 0.0448. The van der Waals surface area contributed by atoms with Crippen molar-refractivity contribution in [1.29, 1.82) is 0 Å². The summed E-state index contributed by atoms with van der Waals surface area (Å²) in [4.78, 5) is 14.1. The molecule has 3 aromatic rings. The van der Waals surface area contributed by atoms with Crippen LogP contribution in [-0.4, -0.2) is 58.0 Å². The van der Waals surface area contributed by atoms with Crippen LogP contribution in [0, 0.1) is 5.92 Å². The van der Waals surface area contributed by atoms with Crippen molar-refractivity contribution in [3.8, 4) is 0 Å². The average molecular weight is 458 g/mol. The number of unbranched alkanes of at least 4 members (excludes halogenated alkanes) is 1. The minimum Gasteiger partial charge on any atom is -0.378 e. The molecule has 1 saturated heterocycles. The molecule has 1 saturated carbocycles. The number of hydrogen-bond acceptors (Lipinski definition) is 4. The number of H-pyrrole nitrogens is 1. The molecule has 2 aromatic heterocycles. The predicted octanol–water partition coefficient (Wildman–Crippen LogP) is 5.60. The van der Waals surface area contributed by atoms with Crippen molar-refractivity contribution in [3.63, 3.8) is 0 Å². The number of hydrogen-bond donors (Lipinski definition) is 2. The van der Waals surface area contributed by atoms with Gasteiger partial charge in [0.25, 0.3) is 0 Å². The first-order valence-corrected chi connectivity index (χ1v) is 13.5. The second-order valence-electron chi connectivity index (χ2n) is 10.8. The number of aromatic nitrogens is 2. The minimum absolute atomic E-state index is 0.223. The third kappa shape index (κ3) is 4.03. The van der Waals surface area contributed by atoms with Gasteiger partial charge in [0.1, 0.15) is 0 Å². The summed E-state index contributed by atoms with van der Waals surface area (Å²) >= 11 is 0. The fourth-order valence-corrected chi connectivity index (χ4v) is 6.39. The van der Waals surface area contributed by atoms with Crippen molar-refractivity contribution in [1.82, 2.24) is 19.8 Å². The number of pyridine rings is 1. The average Bonchev–Trinajstić information content (AvgIpc) is 3.19. The number of rotatable bonds is 8. The Bertz CT molecular complexity index is 1110. The maximum absolute atomic E-state index is 5.04. The van der Waals surface area contributed by atoms with E-state index >= 15 is 0 Å². The van der Waals surface area contributed by atoms with Gasteiger partial charge >= 0.3 is 0 Å². The van der Waals surface area contributed by atoms with Crippen LogP contribution in [0.15, 0.2) is 42.6 Å². The summed E-state index contributed by atoms with van der Waals surface area (Å²) in [5.41, 5.74) is 6.45. The van der Waals surface area contributed by atoms with Gasteiger partial charge in [-0.1, -0.05) is 44.9 Å². The maximum atomic E-state index is 5.04. The molecule has 180 valence electrons. The Labute approximate surface area is 203 Å². The highest BCUT2D eigenvalue weighted by atomic mass is 15.2. The molecule has 0 radical (unpaired) electrons. The largest absolute Gasteiger partial charge is 0.378 e. The Morgan fingerprint density at radius 3 is 2.71 bits per heavy atom. The van der Waals surface area contributed by atoms with Crippen LogP contribution in [0.25, 0.3) is 10.9 Å². The summed E-state index contributed by atoms with van der Waals surface area (Å²) < 4.78 is 0. The second-order valence-corrected chi connectivity index (χ2v) is 10.8. The van der Waals surface area contributed by atoms with Crippen molar-refractivity contribution in [2.45, 2.75) is 70.5 Å². The SMILES string of the molecule is CCCCN1CC(Nc2ccc(C3c4[nH]c5ccccc5c4CCN3C3CC(CC)C3)nc2)C1. The minimum atomic E-state index is 0.223. The molecule has 5 heteroatoms. The van der Waals surface area contributed by atoms with Gasteiger partial charge in [-0.05, 0) is 61.9 Å².